The number of urea groups is 1. The van der Waals surface area contributed by atoms with Crippen molar-refractivity contribution < 1.29 is 73.3 Å². The Balaban J connectivity index is 0.000000208. The monoisotopic (exact) mass is 1070 g/mol. The number of pyridine rings is 2. The summed E-state index contributed by atoms with van der Waals surface area (Å²) < 4.78 is 117. The summed E-state index contributed by atoms with van der Waals surface area (Å²) in [6, 6.07) is 17.8. The van der Waals surface area contributed by atoms with Gasteiger partial charge in [-0.05, 0) is 67.6 Å². The Morgan fingerprint density at radius 3 is 2.14 bits per heavy atom. The van der Waals surface area contributed by atoms with E-state index < -0.39 is 65.2 Å². The number of fused-ring (bicyclic) bond motifs is 2. The number of carbonyl (C=O) groups is 2. The van der Waals surface area contributed by atoms with E-state index in [1.807, 2.05) is 0 Å². The molecule has 2 amide bonds. The summed E-state index contributed by atoms with van der Waals surface area (Å²) in [5.41, 5.74) is -0.506. The van der Waals surface area contributed by atoms with Crippen LogP contribution in [-0.2, 0) is 30.8 Å². The third-order valence-electron chi connectivity index (χ3n) is 8.88. The molecular formula is C42H37Cl2F3N8O14S2. The number of nitrogens with zero attached hydrogens (tertiary/aromatic N) is 6. The van der Waals surface area contributed by atoms with Crippen LogP contribution in [-0.4, -0.2) is 96.4 Å². The minimum Gasteiger partial charge on any atom is -0.487 e. The molecule has 4 aromatic heterocycles. The zero-order valence-corrected chi connectivity index (χ0v) is 40.1. The molecule has 7 rings (SSSR count). The number of sulfonamides is 1. The van der Waals surface area contributed by atoms with Gasteiger partial charge in [-0.15, -0.1) is 0 Å². The van der Waals surface area contributed by atoms with E-state index in [-0.39, 0.29) is 63.7 Å². The number of nitrogens with one attached hydrogen (secondary N) is 2. The normalized spacial score (nSPS) is 11.3. The summed E-state index contributed by atoms with van der Waals surface area (Å²) in [4.78, 5) is 48.8. The number of sulfone groups is 1. The maximum atomic E-state index is 13.0. The number of halogens is 5. The molecule has 0 aliphatic heterocycles. The number of carboxylic acid groups (broad SMARTS) is 1. The van der Waals surface area contributed by atoms with Gasteiger partial charge in [-0.3, -0.25) is 24.8 Å². The number of nitro groups is 1. The first-order chi connectivity index (χ1) is 33.5. The van der Waals surface area contributed by atoms with E-state index in [2.05, 4.69) is 25.3 Å². The zero-order valence-electron chi connectivity index (χ0n) is 37.0. The molecule has 3 aromatic carbocycles. The van der Waals surface area contributed by atoms with Gasteiger partial charge in [0, 0.05) is 29.9 Å². The Morgan fingerprint density at radius 1 is 0.845 bits per heavy atom. The number of methoxy groups -OCH3 is 2. The van der Waals surface area contributed by atoms with Crippen LogP contribution in [0.3, 0.4) is 0 Å². The third kappa shape index (κ3) is 14.0. The first-order valence-electron chi connectivity index (χ1n) is 19.9. The molecule has 0 saturated heterocycles. The maximum Gasteiger partial charge on any atom is 0.416 e. The van der Waals surface area contributed by atoms with Crippen LogP contribution in [0, 0.1) is 10.1 Å². The number of carbonyl (C=O) groups excluding carboxylic acids is 1. The van der Waals surface area contributed by atoms with Crippen molar-refractivity contribution in [2.45, 2.75) is 30.1 Å². The first-order valence-corrected chi connectivity index (χ1v) is 23.7. The molecule has 71 heavy (non-hydrogen) atoms. The number of benzene rings is 3. The topological polar surface area (TPSA) is 292 Å². The third-order valence-corrected chi connectivity index (χ3v) is 12.6. The van der Waals surface area contributed by atoms with Crippen LogP contribution < -0.4 is 33.7 Å². The molecule has 376 valence electrons. The van der Waals surface area contributed by atoms with Crippen LogP contribution in [0.25, 0.3) is 16.6 Å². The van der Waals surface area contributed by atoms with E-state index in [0.717, 1.165) is 28.0 Å². The van der Waals surface area contributed by atoms with Crippen molar-refractivity contribution >= 4 is 83.2 Å². The standard InChI is InChI=1S/C16H18N6O7S2.C15H11ClF3NO4.C11H8ClNO3/c1-4-30(24,25)13-14(22-8-6-5-7-10(22)17-13)31(26,27)21-16(23)20-15-18-11(28-2)9-12(19-15)29-3;1-2-23-14-8-10(4-5-12(14)20(21)22)24-13-6-3-9(7-11(13)16)15(17,18)19;12-8-3-4-9(16-6-10(14)15)11-7(8)2-1-5-13-11/h5-9H,4H2,1-3H3,(H2,18,19,20,21,23);3-8H,2H2,1H3;1-5H,6H2,(H,14,15). The quantitative estimate of drug-likeness (QED) is 0.0643. The fourth-order valence-corrected chi connectivity index (χ4v) is 8.83. The highest BCUT2D eigenvalue weighted by Gasteiger charge is 2.34. The lowest BCUT2D eigenvalue weighted by molar-refractivity contribution is -0.385. The van der Waals surface area contributed by atoms with E-state index in [1.54, 1.807) is 48.2 Å². The molecule has 0 spiro atoms. The van der Waals surface area contributed by atoms with Gasteiger partial charge >= 0.3 is 23.9 Å². The summed E-state index contributed by atoms with van der Waals surface area (Å²) in [5, 5.41) is 21.3. The van der Waals surface area contributed by atoms with Gasteiger partial charge in [0.15, 0.2) is 26.5 Å². The number of rotatable bonds is 15. The number of hydrogen-bond acceptors (Lipinski definition) is 17. The average molecular weight is 1070 g/mol. The number of anilines is 1. The number of alkyl halides is 3. The fraction of sp³-hybridized carbons (Fsp3) is 0.190. The highest BCUT2D eigenvalue weighted by atomic mass is 35.5. The smallest absolute Gasteiger partial charge is 0.416 e. The summed E-state index contributed by atoms with van der Waals surface area (Å²) in [5.74, 6) is -1.06. The van der Waals surface area contributed by atoms with Gasteiger partial charge in [-0.25, -0.2) is 27.7 Å². The summed E-state index contributed by atoms with van der Waals surface area (Å²) >= 11 is 11.8. The van der Waals surface area contributed by atoms with E-state index in [0.29, 0.717) is 16.3 Å². The number of nitro benzene ring substituents is 1. The van der Waals surface area contributed by atoms with E-state index in [9.17, 15) is 49.7 Å². The molecule has 0 aliphatic rings. The molecule has 22 nitrogen and oxygen atoms in total. The van der Waals surface area contributed by atoms with Crippen LogP contribution >= 0.6 is 23.2 Å². The summed E-state index contributed by atoms with van der Waals surface area (Å²) in [6.45, 7) is 2.81. The molecule has 3 N–H and O–H groups in total. The van der Waals surface area contributed by atoms with Gasteiger partial charge in [0.05, 0.1) is 53.2 Å². The minimum atomic E-state index is -4.68. The lowest BCUT2D eigenvalue weighted by Crippen LogP contribution is -2.36. The van der Waals surface area contributed by atoms with Crippen molar-refractivity contribution in [1.82, 2.24) is 29.1 Å². The number of aromatic nitrogens is 5. The number of imidazole rings is 1. The maximum absolute atomic E-state index is 13.0. The van der Waals surface area contributed by atoms with Crippen molar-refractivity contribution in [2.24, 2.45) is 0 Å². The van der Waals surface area contributed by atoms with E-state index in [4.69, 9.17) is 52.0 Å². The van der Waals surface area contributed by atoms with E-state index in [1.165, 1.54) is 63.7 Å². The van der Waals surface area contributed by atoms with Crippen LogP contribution in [0.2, 0.25) is 10.0 Å². The second-order valence-corrected chi connectivity index (χ2v) is 18.2. The molecule has 0 atom stereocenters. The largest absolute Gasteiger partial charge is 0.487 e. The van der Waals surface area contributed by atoms with Crippen molar-refractivity contribution in [3.63, 3.8) is 0 Å². The van der Waals surface area contributed by atoms with Gasteiger partial charge in [0.1, 0.15) is 28.4 Å². The Morgan fingerprint density at radius 2 is 1.54 bits per heavy atom. The predicted molar refractivity (Wildman–Crippen MR) is 248 cm³/mol. The fourth-order valence-electron chi connectivity index (χ4n) is 5.74. The molecule has 0 bridgehead atoms. The lowest BCUT2D eigenvalue weighted by Gasteiger charge is -2.12. The molecule has 4 heterocycles. The average Bonchev–Trinajstić information content (AvgIpc) is 3.74. The van der Waals surface area contributed by atoms with Crippen LogP contribution in [0.5, 0.6) is 34.8 Å². The van der Waals surface area contributed by atoms with Crippen molar-refractivity contribution in [2.75, 3.05) is 38.5 Å². The number of hydrogen-bond donors (Lipinski definition) is 3. The van der Waals surface area contributed by atoms with Crippen LogP contribution in [0.4, 0.5) is 29.6 Å². The zero-order chi connectivity index (χ0) is 52.3. The van der Waals surface area contributed by atoms with Crippen molar-refractivity contribution in [1.29, 1.82) is 0 Å². The van der Waals surface area contributed by atoms with Gasteiger partial charge in [-0.1, -0.05) is 36.2 Å². The van der Waals surface area contributed by atoms with Crippen molar-refractivity contribution in [3.8, 4) is 34.8 Å². The molecule has 0 saturated carbocycles. The lowest BCUT2D eigenvalue weighted by atomic mass is 10.2. The molecule has 0 unspecified atom stereocenters. The molecule has 29 heteroatoms. The molecule has 0 aliphatic carbocycles. The van der Waals surface area contributed by atoms with Crippen LogP contribution in [0.15, 0.2) is 107 Å². The van der Waals surface area contributed by atoms with Gasteiger partial charge in [0.25, 0.3) is 10.0 Å². The molecule has 0 fully saturated rings. The summed E-state index contributed by atoms with van der Waals surface area (Å²) in [6.07, 6.45) is -1.59. The predicted octanol–water partition coefficient (Wildman–Crippen LogP) is 8.26. The molecule has 7 aromatic rings. The Bertz CT molecular complexity index is 3310. The first kappa shape index (κ1) is 54.2. The van der Waals surface area contributed by atoms with Crippen molar-refractivity contribution in [3.05, 3.63) is 123 Å². The summed E-state index contributed by atoms with van der Waals surface area (Å²) in [7, 11) is -6.04. The highest BCUT2D eigenvalue weighted by Crippen LogP contribution is 2.39. The number of amides is 2. The Labute approximate surface area is 410 Å². The Hall–Kier alpha value is -7.75. The van der Waals surface area contributed by atoms with Crippen LogP contribution in [0.1, 0.15) is 19.4 Å². The molecule has 0 radical (unpaired) electrons. The number of ether oxygens (including phenoxy) is 5. The SMILES string of the molecule is CCOc1cc(Oc2ccc(C(F)(F)F)cc2Cl)ccc1[N+](=O)[O-].CCS(=O)(=O)c1nc2ccccn2c1S(=O)(=O)NC(=O)Nc1nc(OC)cc(OC)n1.O=C(O)COc1ccc(Cl)c2cccnc12. The highest BCUT2D eigenvalue weighted by molar-refractivity contribution is 7.93. The van der Waals surface area contributed by atoms with Gasteiger partial charge in [-0.2, -0.15) is 31.6 Å². The van der Waals surface area contributed by atoms with E-state index >= 15 is 0 Å². The second-order valence-electron chi connectivity index (χ2n) is 13.6. The molecular weight excluding hydrogens is 1030 g/mol. The minimum absolute atomic E-state index is 0.0111. The second kappa shape index (κ2) is 23.2. The van der Waals surface area contributed by atoms with Gasteiger partial charge in [0.2, 0.25) is 23.5 Å². The Kier molecular flexibility index (Phi) is 17.7. The number of aliphatic carboxylic acids is 1. The van der Waals surface area contributed by atoms with Gasteiger partial charge < -0.3 is 28.8 Å². The number of carboxylic acids is 1.